The SMILES string of the molecule is NNC(=O)CN1CCN(CC(F)(F)F)CC1. The normalized spacial score (nSPS) is 19.8. The lowest BCUT2D eigenvalue weighted by Gasteiger charge is -2.34. The molecule has 0 aromatic carbocycles. The molecule has 1 aliphatic heterocycles. The van der Waals surface area contributed by atoms with Crippen LogP contribution in [0.5, 0.6) is 0 Å². The minimum absolute atomic E-state index is 0.135. The Morgan fingerprint density at radius 2 is 1.69 bits per heavy atom. The lowest BCUT2D eigenvalue weighted by Crippen LogP contribution is -2.51. The standard InChI is InChI=1S/C8H15F3N4O/c9-8(10,11)6-15-3-1-14(2-4-15)5-7(16)13-12/h1-6,12H2,(H,13,16). The van der Waals surface area contributed by atoms with Gasteiger partial charge in [0.05, 0.1) is 13.1 Å². The number of nitrogens with one attached hydrogen (secondary N) is 1. The molecule has 0 spiro atoms. The van der Waals surface area contributed by atoms with E-state index in [9.17, 15) is 18.0 Å². The Morgan fingerprint density at radius 3 is 2.12 bits per heavy atom. The predicted molar refractivity (Wildman–Crippen MR) is 51.3 cm³/mol. The molecule has 0 radical (unpaired) electrons. The van der Waals surface area contributed by atoms with E-state index in [0.29, 0.717) is 26.2 Å². The summed E-state index contributed by atoms with van der Waals surface area (Å²) in [5.74, 6) is 4.59. The van der Waals surface area contributed by atoms with E-state index in [1.54, 1.807) is 4.90 Å². The van der Waals surface area contributed by atoms with Crippen LogP contribution in [0.1, 0.15) is 0 Å². The Hall–Kier alpha value is -0.860. The maximum absolute atomic E-state index is 12.1. The van der Waals surface area contributed by atoms with Gasteiger partial charge in [0.25, 0.3) is 0 Å². The zero-order valence-corrected chi connectivity index (χ0v) is 8.76. The first-order valence-corrected chi connectivity index (χ1v) is 4.91. The Labute approximate surface area is 91.3 Å². The number of hydrogen-bond acceptors (Lipinski definition) is 4. The number of carbonyl (C=O) groups is 1. The van der Waals surface area contributed by atoms with E-state index in [1.807, 2.05) is 5.43 Å². The average Bonchev–Trinajstić information content (AvgIpc) is 2.18. The van der Waals surface area contributed by atoms with Crippen LogP contribution in [-0.2, 0) is 4.79 Å². The molecule has 1 heterocycles. The summed E-state index contributed by atoms with van der Waals surface area (Å²) in [7, 11) is 0. The summed E-state index contributed by atoms with van der Waals surface area (Å²) in [6, 6.07) is 0. The van der Waals surface area contributed by atoms with Crippen molar-refractivity contribution < 1.29 is 18.0 Å². The summed E-state index contributed by atoms with van der Waals surface area (Å²) in [6.45, 7) is 0.780. The Morgan fingerprint density at radius 1 is 1.19 bits per heavy atom. The zero-order valence-electron chi connectivity index (χ0n) is 8.76. The quantitative estimate of drug-likeness (QED) is 0.383. The van der Waals surface area contributed by atoms with Crippen LogP contribution in [0, 0.1) is 0 Å². The molecule has 0 aliphatic carbocycles. The minimum Gasteiger partial charge on any atom is -0.293 e. The monoisotopic (exact) mass is 240 g/mol. The van der Waals surface area contributed by atoms with Crippen LogP contribution in [0.2, 0.25) is 0 Å². The first kappa shape index (κ1) is 13.2. The predicted octanol–water partition coefficient (Wildman–Crippen LogP) is -0.844. The number of rotatable bonds is 3. The van der Waals surface area contributed by atoms with Crippen molar-refractivity contribution in [3.05, 3.63) is 0 Å². The van der Waals surface area contributed by atoms with E-state index in [1.165, 1.54) is 4.90 Å². The number of carbonyl (C=O) groups excluding carboxylic acids is 1. The molecule has 0 unspecified atom stereocenters. The van der Waals surface area contributed by atoms with Crippen LogP contribution in [0.15, 0.2) is 0 Å². The van der Waals surface area contributed by atoms with Gasteiger partial charge in [0, 0.05) is 26.2 Å². The number of amides is 1. The number of nitrogens with zero attached hydrogens (tertiary/aromatic N) is 2. The van der Waals surface area contributed by atoms with E-state index in [4.69, 9.17) is 5.84 Å². The molecule has 1 aliphatic rings. The van der Waals surface area contributed by atoms with Crippen molar-refractivity contribution in [2.45, 2.75) is 6.18 Å². The fraction of sp³-hybridized carbons (Fsp3) is 0.875. The Bertz CT molecular complexity index is 238. The molecule has 3 N–H and O–H groups in total. The highest BCUT2D eigenvalue weighted by Crippen LogP contribution is 2.17. The highest BCUT2D eigenvalue weighted by molar-refractivity contribution is 5.77. The molecule has 1 fully saturated rings. The molecule has 0 aromatic heterocycles. The van der Waals surface area contributed by atoms with Crippen molar-refractivity contribution in [3.63, 3.8) is 0 Å². The average molecular weight is 240 g/mol. The maximum atomic E-state index is 12.1. The van der Waals surface area contributed by atoms with E-state index in [0.717, 1.165) is 0 Å². The zero-order chi connectivity index (χ0) is 12.2. The summed E-state index contributed by atoms with van der Waals surface area (Å²) in [6.07, 6.45) is -4.16. The van der Waals surface area contributed by atoms with Gasteiger partial charge in [-0.15, -0.1) is 0 Å². The van der Waals surface area contributed by atoms with Gasteiger partial charge in [0.1, 0.15) is 0 Å². The van der Waals surface area contributed by atoms with Gasteiger partial charge >= 0.3 is 6.18 Å². The molecule has 0 bridgehead atoms. The summed E-state index contributed by atoms with van der Waals surface area (Å²) in [4.78, 5) is 14.0. The van der Waals surface area contributed by atoms with E-state index in [2.05, 4.69) is 0 Å². The maximum Gasteiger partial charge on any atom is 0.401 e. The highest BCUT2D eigenvalue weighted by atomic mass is 19.4. The molecule has 0 saturated carbocycles. The van der Waals surface area contributed by atoms with Crippen LogP contribution < -0.4 is 11.3 Å². The van der Waals surface area contributed by atoms with Gasteiger partial charge in [-0.2, -0.15) is 13.2 Å². The fourth-order valence-electron chi connectivity index (χ4n) is 1.61. The molecule has 1 rings (SSSR count). The van der Waals surface area contributed by atoms with Crippen molar-refractivity contribution in [1.82, 2.24) is 15.2 Å². The number of hydrazine groups is 1. The van der Waals surface area contributed by atoms with Crippen LogP contribution >= 0.6 is 0 Å². The van der Waals surface area contributed by atoms with Crippen LogP contribution in [0.4, 0.5) is 13.2 Å². The first-order chi connectivity index (χ1) is 7.40. The van der Waals surface area contributed by atoms with Gasteiger partial charge in [0.15, 0.2) is 0 Å². The number of alkyl halides is 3. The van der Waals surface area contributed by atoms with Crippen LogP contribution in [0.3, 0.4) is 0 Å². The molecule has 0 atom stereocenters. The molecule has 1 saturated heterocycles. The first-order valence-electron chi connectivity index (χ1n) is 4.91. The lowest BCUT2D eigenvalue weighted by molar-refractivity contribution is -0.149. The third-order valence-electron chi connectivity index (χ3n) is 2.40. The van der Waals surface area contributed by atoms with Crippen LogP contribution in [0.25, 0.3) is 0 Å². The molecule has 1 amide bonds. The molecular weight excluding hydrogens is 225 g/mol. The lowest BCUT2D eigenvalue weighted by atomic mass is 10.3. The van der Waals surface area contributed by atoms with Crippen LogP contribution in [-0.4, -0.2) is 61.2 Å². The second kappa shape index (κ2) is 5.46. The van der Waals surface area contributed by atoms with E-state index in [-0.39, 0.29) is 12.5 Å². The second-order valence-electron chi connectivity index (χ2n) is 3.73. The summed E-state index contributed by atoms with van der Waals surface area (Å²) in [5.41, 5.74) is 1.99. The molecule has 5 nitrogen and oxygen atoms in total. The highest BCUT2D eigenvalue weighted by Gasteiger charge is 2.32. The van der Waals surface area contributed by atoms with Crippen molar-refractivity contribution >= 4 is 5.91 Å². The number of hydrogen-bond donors (Lipinski definition) is 2. The van der Waals surface area contributed by atoms with E-state index >= 15 is 0 Å². The number of nitrogens with two attached hydrogens (primary N) is 1. The van der Waals surface area contributed by atoms with Gasteiger partial charge in [0.2, 0.25) is 5.91 Å². The van der Waals surface area contributed by atoms with Crippen molar-refractivity contribution in [2.75, 3.05) is 39.3 Å². The number of piperazine rings is 1. The minimum atomic E-state index is -4.16. The Balaban J connectivity index is 2.26. The van der Waals surface area contributed by atoms with Crippen molar-refractivity contribution in [3.8, 4) is 0 Å². The van der Waals surface area contributed by atoms with Gasteiger partial charge in [-0.3, -0.25) is 20.0 Å². The Kier molecular flexibility index (Phi) is 4.51. The third-order valence-corrected chi connectivity index (χ3v) is 2.40. The van der Waals surface area contributed by atoms with Crippen molar-refractivity contribution in [1.29, 1.82) is 0 Å². The summed E-state index contributed by atoms with van der Waals surface area (Å²) >= 11 is 0. The van der Waals surface area contributed by atoms with E-state index < -0.39 is 12.7 Å². The molecular formula is C8H15F3N4O. The topological polar surface area (TPSA) is 61.6 Å². The largest absolute Gasteiger partial charge is 0.401 e. The third kappa shape index (κ3) is 4.77. The fourth-order valence-corrected chi connectivity index (χ4v) is 1.61. The second-order valence-corrected chi connectivity index (χ2v) is 3.73. The van der Waals surface area contributed by atoms with Gasteiger partial charge in [-0.25, -0.2) is 5.84 Å². The van der Waals surface area contributed by atoms with Crippen molar-refractivity contribution in [2.24, 2.45) is 5.84 Å². The summed E-state index contributed by atoms with van der Waals surface area (Å²) < 4.78 is 36.2. The van der Waals surface area contributed by atoms with Gasteiger partial charge in [-0.1, -0.05) is 0 Å². The summed E-state index contributed by atoms with van der Waals surface area (Å²) in [5, 5.41) is 0. The molecule has 8 heteroatoms. The smallest absolute Gasteiger partial charge is 0.293 e. The molecule has 94 valence electrons. The molecule has 16 heavy (non-hydrogen) atoms. The number of halogens is 3. The van der Waals surface area contributed by atoms with Gasteiger partial charge < -0.3 is 0 Å². The van der Waals surface area contributed by atoms with Gasteiger partial charge in [-0.05, 0) is 0 Å². The molecule has 0 aromatic rings.